The third-order valence-electron chi connectivity index (χ3n) is 4.54. The van der Waals surface area contributed by atoms with E-state index in [4.69, 9.17) is 16.3 Å². The van der Waals surface area contributed by atoms with Crippen LogP contribution >= 0.6 is 11.6 Å². The molecule has 3 rings (SSSR count). The van der Waals surface area contributed by atoms with E-state index in [0.717, 1.165) is 24.9 Å². The molecular formula is C18H21ClN2O2. The molecule has 122 valence electrons. The fourth-order valence-electron chi connectivity index (χ4n) is 3.26. The summed E-state index contributed by atoms with van der Waals surface area (Å²) in [5.74, 6) is 0.638. The number of aliphatic hydroxyl groups is 1. The molecule has 0 radical (unpaired) electrons. The van der Waals surface area contributed by atoms with Crippen LogP contribution < -0.4 is 4.74 Å². The Morgan fingerprint density at radius 2 is 2.09 bits per heavy atom. The van der Waals surface area contributed by atoms with Crippen LogP contribution in [0.2, 0.25) is 5.02 Å². The first-order chi connectivity index (χ1) is 11.1. The number of likely N-dealkylation sites (tertiary alicyclic amines) is 1. The van der Waals surface area contributed by atoms with Gasteiger partial charge in [0.05, 0.1) is 12.1 Å². The quantitative estimate of drug-likeness (QED) is 0.929. The maximum Gasteiger partial charge on any atom is 0.125 e. The Bertz CT molecular complexity index is 692. The lowest BCUT2D eigenvalue weighted by Gasteiger charge is -2.23. The van der Waals surface area contributed by atoms with Crippen molar-refractivity contribution in [1.29, 1.82) is 0 Å². The highest BCUT2D eigenvalue weighted by atomic mass is 35.5. The van der Waals surface area contributed by atoms with Gasteiger partial charge in [-0.25, -0.2) is 0 Å². The first-order valence-corrected chi connectivity index (χ1v) is 8.15. The highest BCUT2D eigenvalue weighted by molar-refractivity contribution is 6.32. The minimum atomic E-state index is -0.863. The summed E-state index contributed by atoms with van der Waals surface area (Å²) in [5.41, 5.74) is 2.29. The van der Waals surface area contributed by atoms with E-state index in [0.29, 0.717) is 21.9 Å². The zero-order valence-corrected chi connectivity index (χ0v) is 14.1. The van der Waals surface area contributed by atoms with Gasteiger partial charge in [0.2, 0.25) is 0 Å². The third kappa shape index (κ3) is 3.07. The molecule has 1 saturated heterocycles. The van der Waals surface area contributed by atoms with Crippen LogP contribution in [0.5, 0.6) is 5.75 Å². The van der Waals surface area contributed by atoms with Crippen LogP contribution in [0.3, 0.4) is 0 Å². The van der Waals surface area contributed by atoms with Crippen LogP contribution in [-0.2, 0) is 0 Å². The van der Waals surface area contributed by atoms with Gasteiger partial charge in [0.1, 0.15) is 11.9 Å². The average Bonchev–Trinajstić information content (AvgIpc) is 3.00. The summed E-state index contributed by atoms with van der Waals surface area (Å²) in [6.45, 7) is 1.06. The van der Waals surface area contributed by atoms with Gasteiger partial charge in [-0.3, -0.25) is 9.88 Å². The standard InChI is InChI=1S/C18H21ClN2O2/c1-21-9-5-7-15(21)13-10-20-11-14(17(13)19)18(22)12-6-3-4-8-16(12)23-2/h3-4,6,8,10-11,15,18,22H,5,7,9H2,1-2H3/t15-,18?/m0/s1. The number of benzene rings is 1. The Hall–Kier alpha value is -1.62. The number of aromatic nitrogens is 1. The number of hydrogen-bond donors (Lipinski definition) is 1. The molecule has 2 atom stereocenters. The second-order valence-corrected chi connectivity index (χ2v) is 6.29. The number of nitrogens with zero attached hydrogens (tertiary/aromatic N) is 2. The highest BCUT2D eigenvalue weighted by Crippen LogP contribution is 2.39. The third-order valence-corrected chi connectivity index (χ3v) is 4.98. The molecule has 4 nitrogen and oxygen atoms in total. The number of halogens is 1. The number of aliphatic hydroxyl groups excluding tert-OH is 1. The Balaban J connectivity index is 2.00. The van der Waals surface area contributed by atoms with Gasteiger partial charge >= 0.3 is 0 Å². The van der Waals surface area contributed by atoms with Crippen molar-refractivity contribution in [2.24, 2.45) is 0 Å². The summed E-state index contributed by atoms with van der Waals surface area (Å²) >= 11 is 6.63. The van der Waals surface area contributed by atoms with Crippen molar-refractivity contribution >= 4 is 11.6 Å². The van der Waals surface area contributed by atoms with Crippen LogP contribution in [0.1, 0.15) is 41.7 Å². The van der Waals surface area contributed by atoms with Gasteiger partial charge in [0, 0.05) is 35.1 Å². The lowest BCUT2D eigenvalue weighted by Crippen LogP contribution is -2.18. The second kappa shape index (κ2) is 6.87. The van der Waals surface area contributed by atoms with E-state index in [1.807, 2.05) is 30.5 Å². The van der Waals surface area contributed by atoms with Gasteiger partial charge < -0.3 is 9.84 Å². The molecule has 2 aromatic rings. The Morgan fingerprint density at radius 3 is 2.78 bits per heavy atom. The predicted octanol–water partition coefficient (Wildman–Crippen LogP) is 3.59. The molecule has 1 aliphatic heterocycles. The summed E-state index contributed by atoms with van der Waals surface area (Å²) in [6, 6.07) is 7.68. The number of hydrogen-bond acceptors (Lipinski definition) is 4. The van der Waals surface area contributed by atoms with Crippen molar-refractivity contribution in [1.82, 2.24) is 9.88 Å². The zero-order valence-electron chi connectivity index (χ0n) is 13.4. The minimum Gasteiger partial charge on any atom is -0.496 e. The summed E-state index contributed by atoms with van der Waals surface area (Å²) < 4.78 is 5.34. The van der Waals surface area contributed by atoms with Gasteiger partial charge in [-0.15, -0.1) is 0 Å². The van der Waals surface area contributed by atoms with Gasteiger partial charge in [-0.05, 0) is 32.5 Å². The van der Waals surface area contributed by atoms with Crippen LogP contribution in [0, 0.1) is 0 Å². The highest BCUT2D eigenvalue weighted by Gasteiger charge is 2.27. The van der Waals surface area contributed by atoms with Crippen molar-refractivity contribution < 1.29 is 9.84 Å². The van der Waals surface area contributed by atoms with E-state index >= 15 is 0 Å². The lowest BCUT2D eigenvalue weighted by atomic mass is 9.98. The smallest absolute Gasteiger partial charge is 0.125 e. The average molecular weight is 333 g/mol. The van der Waals surface area contributed by atoms with E-state index < -0.39 is 6.10 Å². The monoisotopic (exact) mass is 332 g/mol. The molecular weight excluding hydrogens is 312 g/mol. The normalized spacial score (nSPS) is 19.7. The van der Waals surface area contributed by atoms with E-state index in [1.54, 1.807) is 13.3 Å². The first kappa shape index (κ1) is 16.2. The molecule has 0 amide bonds. The van der Waals surface area contributed by atoms with Crippen LogP contribution in [-0.4, -0.2) is 35.7 Å². The van der Waals surface area contributed by atoms with Crippen molar-refractivity contribution in [3.63, 3.8) is 0 Å². The first-order valence-electron chi connectivity index (χ1n) is 7.78. The van der Waals surface area contributed by atoms with E-state index in [2.05, 4.69) is 16.9 Å². The van der Waals surface area contributed by atoms with Crippen LogP contribution in [0.15, 0.2) is 36.7 Å². The molecule has 5 heteroatoms. The summed E-state index contributed by atoms with van der Waals surface area (Å²) in [4.78, 5) is 6.59. The van der Waals surface area contributed by atoms with Crippen molar-refractivity contribution in [2.45, 2.75) is 25.0 Å². The molecule has 23 heavy (non-hydrogen) atoms. The fourth-order valence-corrected chi connectivity index (χ4v) is 3.59. The zero-order chi connectivity index (χ0) is 16.4. The molecule has 1 fully saturated rings. The molecule has 1 aliphatic rings. The second-order valence-electron chi connectivity index (χ2n) is 5.92. The SMILES string of the molecule is COc1ccccc1C(O)c1cncc([C@@H]2CCCN2C)c1Cl. The van der Waals surface area contributed by atoms with Crippen LogP contribution in [0.4, 0.5) is 0 Å². The van der Waals surface area contributed by atoms with Crippen LogP contribution in [0.25, 0.3) is 0 Å². The minimum absolute atomic E-state index is 0.264. The number of ether oxygens (including phenoxy) is 1. The summed E-state index contributed by atoms with van der Waals surface area (Å²) in [6.07, 6.45) is 4.80. The van der Waals surface area contributed by atoms with Crippen molar-refractivity contribution in [3.05, 3.63) is 58.4 Å². The Kier molecular flexibility index (Phi) is 4.85. The topological polar surface area (TPSA) is 45.6 Å². The van der Waals surface area contributed by atoms with Gasteiger partial charge in [0.25, 0.3) is 0 Å². The van der Waals surface area contributed by atoms with Crippen molar-refractivity contribution in [3.8, 4) is 5.75 Å². The van der Waals surface area contributed by atoms with E-state index in [9.17, 15) is 5.11 Å². The summed E-state index contributed by atoms with van der Waals surface area (Å²) in [5, 5.41) is 11.4. The van der Waals surface area contributed by atoms with Crippen molar-refractivity contribution in [2.75, 3.05) is 20.7 Å². The van der Waals surface area contributed by atoms with Gasteiger partial charge in [0.15, 0.2) is 0 Å². The summed E-state index contributed by atoms with van der Waals surface area (Å²) in [7, 11) is 3.69. The van der Waals surface area contributed by atoms with E-state index in [1.165, 1.54) is 0 Å². The number of rotatable bonds is 4. The molecule has 0 bridgehead atoms. The van der Waals surface area contributed by atoms with Gasteiger partial charge in [-0.2, -0.15) is 0 Å². The Labute approximate surface area is 141 Å². The largest absolute Gasteiger partial charge is 0.496 e. The number of para-hydroxylation sites is 1. The molecule has 0 spiro atoms. The molecule has 1 N–H and O–H groups in total. The number of pyridine rings is 1. The molecule has 1 aromatic heterocycles. The van der Waals surface area contributed by atoms with E-state index in [-0.39, 0.29) is 6.04 Å². The maximum absolute atomic E-state index is 10.8. The fraction of sp³-hybridized carbons (Fsp3) is 0.389. The lowest BCUT2D eigenvalue weighted by molar-refractivity contribution is 0.214. The predicted molar refractivity (Wildman–Crippen MR) is 90.9 cm³/mol. The maximum atomic E-state index is 10.8. The molecule has 1 unspecified atom stereocenters. The molecule has 0 saturated carbocycles. The Morgan fingerprint density at radius 1 is 1.30 bits per heavy atom. The molecule has 1 aromatic carbocycles. The van der Waals surface area contributed by atoms with Gasteiger partial charge in [-0.1, -0.05) is 29.8 Å². The molecule has 2 heterocycles. The number of methoxy groups -OCH3 is 1. The molecule has 0 aliphatic carbocycles.